The predicted octanol–water partition coefficient (Wildman–Crippen LogP) is 1.00. The molecule has 0 aromatic heterocycles. The zero-order chi connectivity index (χ0) is 11.0. The highest BCUT2D eigenvalue weighted by atomic mass is 79.9. The Morgan fingerprint density at radius 3 is 2.60 bits per heavy atom. The van der Waals surface area contributed by atoms with Gasteiger partial charge in [0.1, 0.15) is 11.8 Å². The Hall–Kier alpha value is 0.0600. The molecule has 0 unspecified atom stereocenters. The minimum Gasteiger partial charge on any atom is -0.393 e. The molecule has 3 aliphatic rings. The molecule has 6 atom stereocenters. The molecule has 0 radical (unpaired) electrons. The molecule has 3 aliphatic heterocycles. The average molecular weight is 340 g/mol. The first-order chi connectivity index (χ1) is 6.97. The fourth-order valence-electron chi connectivity index (χ4n) is 2.85. The van der Waals surface area contributed by atoms with E-state index >= 15 is 0 Å². The van der Waals surface area contributed by atoms with Gasteiger partial charge in [0, 0.05) is 0 Å². The van der Waals surface area contributed by atoms with Gasteiger partial charge in [-0.2, -0.15) is 0 Å². The number of cyclic esters (lactones) is 2. The smallest absolute Gasteiger partial charge is 0.320 e. The third-order valence-electron chi connectivity index (χ3n) is 3.59. The molecule has 15 heavy (non-hydrogen) atoms. The summed E-state index contributed by atoms with van der Waals surface area (Å²) >= 11 is 7.00. The summed E-state index contributed by atoms with van der Waals surface area (Å²) in [5, 5.41) is 0. The Morgan fingerprint density at radius 2 is 1.93 bits per heavy atom. The van der Waals surface area contributed by atoms with Crippen LogP contribution in [0.25, 0.3) is 0 Å². The van der Waals surface area contributed by atoms with E-state index in [-0.39, 0.29) is 15.8 Å². The van der Waals surface area contributed by atoms with Gasteiger partial charge in [0.15, 0.2) is 0 Å². The van der Waals surface area contributed by atoms with Gasteiger partial charge in [-0.1, -0.05) is 31.9 Å². The summed E-state index contributed by atoms with van der Waals surface area (Å²) in [4.78, 5) is 23.1. The number of halogens is 2. The first-order valence-electron chi connectivity index (χ1n) is 4.68. The van der Waals surface area contributed by atoms with Crippen LogP contribution in [0.3, 0.4) is 0 Å². The van der Waals surface area contributed by atoms with Gasteiger partial charge < -0.3 is 9.47 Å². The molecule has 3 saturated heterocycles. The number of rotatable bonds is 0. The van der Waals surface area contributed by atoms with Gasteiger partial charge in [-0.3, -0.25) is 9.59 Å². The zero-order valence-corrected chi connectivity index (χ0v) is 10.9. The van der Waals surface area contributed by atoms with E-state index in [9.17, 15) is 9.59 Å². The van der Waals surface area contributed by atoms with E-state index in [1.54, 1.807) is 0 Å². The third-order valence-corrected chi connectivity index (χ3v) is 6.83. The zero-order valence-electron chi connectivity index (χ0n) is 7.78. The molecule has 82 valence electrons. The quantitative estimate of drug-likeness (QED) is 0.375. The maximum Gasteiger partial charge on any atom is 0.320 e. The first-order valence-corrected chi connectivity index (χ1v) is 6.51. The molecule has 6 heteroatoms. The number of ether oxygens (including phenoxy) is 2. The molecule has 4 nitrogen and oxygen atoms in total. The predicted molar refractivity (Wildman–Crippen MR) is 56.8 cm³/mol. The molecule has 0 aromatic carbocycles. The Balaban J connectivity index is 2.09. The van der Waals surface area contributed by atoms with E-state index in [2.05, 4.69) is 36.6 Å². The molecule has 0 amide bonds. The maximum atomic E-state index is 11.6. The van der Waals surface area contributed by atoms with Gasteiger partial charge >= 0.3 is 11.9 Å². The van der Waals surface area contributed by atoms with Crippen molar-refractivity contribution in [3.05, 3.63) is 0 Å². The second kappa shape index (κ2) is 2.84. The van der Waals surface area contributed by atoms with Crippen LogP contribution in [0.4, 0.5) is 0 Å². The van der Waals surface area contributed by atoms with Crippen molar-refractivity contribution in [3.8, 4) is 0 Å². The second-order valence-corrected chi connectivity index (χ2v) is 6.40. The van der Waals surface area contributed by atoms with Gasteiger partial charge in [-0.15, -0.1) is 0 Å². The Bertz CT molecular complexity index is 371. The maximum absolute atomic E-state index is 11.6. The summed E-state index contributed by atoms with van der Waals surface area (Å²) in [7, 11) is 0. The second-order valence-electron chi connectivity index (χ2n) is 4.36. The number of hydrogen-bond donors (Lipinski definition) is 0. The van der Waals surface area contributed by atoms with Crippen molar-refractivity contribution >= 4 is 43.8 Å². The van der Waals surface area contributed by atoms with Gasteiger partial charge in [0.25, 0.3) is 0 Å². The highest BCUT2D eigenvalue weighted by Gasteiger charge is 2.73. The molecule has 0 saturated carbocycles. The van der Waals surface area contributed by atoms with E-state index in [1.807, 2.05) is 6.92 Å². The van der Waals surface area contributed by atoms with Crippen molar-refractivity contribution in [2.45, 2.75) is 28.3 Å². The molecular weight excluding hydrogens is 332 g/mol. The van der Waals surface area contributed by atoms with Crippen LogP contribution in [-0.2, 0) is 19.1 Å². The number of carbonyl (C=O) groups excluding carboxylic acids is 2. The van der Waals surface area contributed by atoms with E-state index < -0.39 is 29.4 Å². The number of alkyl halides is 2. The summed E-state index contributed by atoms with van der Waals surface area (Å²) in [6.45, 7) is 1.85. The SMILES string of the molecule is C[C@@]12O[C@@H]([C@H](Br)[C@@H]1Br)[C@H]1C(=O)OC(=O)[C@@H]12. The molecule has 0 aliphatic carbocycles. The molecule has 2 bridgehead atoms. The Morgan fingerprint density at radius 1 is 1.27 bits per heavy atom. The lowest BCUT2D eigenvalue weighted by atomic mass is 9.74. The van der Waals surface area contributed by atoms with Crippen LogP contribution in [0.2, 0.25) is 0 Å². The van der Waals surface area contributed by atoms with Crippen molar-refractivity contribution < 1.29 is 19.1 Å². The van der Waals surface area contributed by atoms with Crippen molar-refractivity contribution in [3.63, 3.8) is 0 Å². The van der Waals surface area contributed by atoms with Gasteiger partial charge in [0.2, 0.25) is 0 Å². The summed E-state index contributed by atoms with van der Waals surface area (Å²) in [6, 6.07) is 0. The molecule has 3 rings (SSSR count). The summed E-state index contributed by atoms with van der Waals surface area (Å²) < 4.78 is 10.4. The topological polar surface area (TPSA) is 52.6 Å². The van der Waals surface area contributed by atoms with Crippen molar-refractivity contribution in [1.29, 1.82) is 0 Å². The Labute approximate surface area is 103 Å². The number of esters is 2. The lowest BCUT2D eigenvalue weighted by molar-refractivity contribution is -0.158. The standard InChI is InChI=1S/C9H8Br2O4/c1-9-3-2(7(12)14-8(3)13)5(15-9)4(10)6(9)11/h2-6H,1H3/t2-,3+,4-,5+,6-,9-/m0/s1. The fraction of sp³-hybridized carbons (Fsp3) is 0.778. The molecule has 0 spiro atoms. The molecule has 3 heterocycles. The highest BCUT2D eigenvalue weighted by molar-refractivity contribution is 9.12. The molecule has 3 fully saturated rings. The number of carbonyl (C=O) groups is 2. The average Bonchev–Trinajstić information content (AvgIpc) is 2.70. The Kier molecular flexibility index (Phi) is 1.94. The molecular formula is C9H8Br2O4. The van der Waals surface area contributed by atoms with Gasteiger partial charge in [-0.25, -0.2) is 0 Å². The number of fused-ring (bicyclic) bond motifs is 5. The van der Waals surface area contributed by atoms with E-state index in [0.29, 0.717) is 0 Å². The minimum absolute atomic E-state index is 0.0229. The summed E-state index contributed by atoms with van der Waals surface area (Å²) in [5.41, 5.74) is -0.632. The summed E-state index contributed by atoms with van der Waals surface area (Å²) in [5.74, 6) is -1.77. The van der Waals surface area contributed by atoms with E-state index in [1.165, 1.54) is 0 Å². The monoisotopic (exact) mass is 338 g/mol. The third kappa shape index (κ3) is 1.01. The van der Waals surface area contributed by atoms with Crippen molar-refractivity contribution in [1.82, 2.24) is 0 Å². The lowest BCUT2D eigenvalue weighted by Gasteiger charge is -2.31. The van der Waals surface area contributed by atoms with Crippen LogP contribution in [0.5, 0.6) is 0 Å². The normalized spacial score (nSPS) is 57.1. The lowest BCUT2D eigenvalue weighted by Crippen LogP contribution is -2.49. The summed E-state index contributed by atoms with van der Waals surface area (Å²) in [6.07, 6.45) is -0.261. The van der Waals surface area contributed by atoms with Crippen molar-refractivity contribution in [2.75, 3.05) is 0 Å². The van der Waals surface area contributed by atoms with E-state index in [4.69, 9.17) is 4.74 Å². The number of hydrogen-bond acceptors (Lipinski definition) is 4. The molecule has 0 aromatic rings. The largest absolute Gasteiger partial charge is 0.393 e. The van der Waals surface area contributed by atoms with Gasteiger partial charge in [0.05, 0.1) is 21.4 Å². The van der Waals surface area contributed by atoms with Crippen LogP contribution < -0.4 is 0 Å². The van der Waals surface area contributed by atoms with E-state index in [0.717, 1.165) is 0 Å². The minimum atomic E-state index is -0.632. The fourth-order valence-corrected chi connectivity index (χ4v) is 4.50. The van der Waals surface area contributed by atoms with Crippen LogP contribution >= 0.6 is 31.9 Å². The molecule has 0 N–H and O–H groups in total. The van der Waals surface area contributed by atoms with Crippen molar-refractivity contribution in [2.24, 2.45) is 11.8 Å². The van der Waals surface area contributed by atoms with Gasteiger partial charge in [-0.05, 0) is 6.92 Å². The van der Waals surface area contributed by atoms with Crippen LogP contribution in [0.1, 0.15) is 6.92 Å². The van der Waals surface area contributed by atoms with Crippen LogP contribution in [0.15, 0.2) is 0 Å². The van der Waals surface area contributed by atoms with Crippen LogP contribution in [-0.4, -0.2) is 33.3 Å². The van der Waals surface area contributed by atoms with Crippen LogP contribution in [0, 0.1) is 11.8 Å². The highest BCUT2D eigenvalue weighted by Crippen LogP contribution is 2.58. The first kappa shape index (κ1) is 10.2.